The molecule has 2 N–H and O–H groups in total. The number of carbonyl (C=O) groups is 1. The fourth-order valence-electron chi connectivity index (χ4n) is 4.64. The maximum absolute atomic E-state index is 13.2. The lowest BCUT2D eigenvalue weighted by Crippen LogP contribution is -2.31. The van der Waals surface area contributed by atoms with E-state index in [0.29, 0.717) is 39.4 Å². The number of carboxylic acids is 1. The Bertz CT molecular complexity index is 1260. The van der Waals surface area contributed by atoms with Crippen molar-refractivity contribution in [2.24, 2.45) is 18.9 Å². The van der Waals surface area contributed by atoms with Crippen molar-refractivity contribution in [1.82, 2.24) is 9.55 Å². The van der Waals surface area contributed by atoms with E-state index in [-0.39, 0.29) is 17.2 Å². The second kappa shape index (κ2) is 7.27. The number of fused-ring (bicyclic) bond motifs is 2. The van der Waals surface area contributed by atoms with Gasteiger partial charge in [-0.1, -0.05) is 23.7 Å². The zero-order chi connectivity index (χ0) is 21.9. The van der Waals surface area contributed by atoms with E-state index in [1.165, 1.54) is 6.42 Å². The van der Waals surface area contributed by atoms with Crippen molar-refractivity contribution in [3.05, 3.63) is 62.9 Å². The summed E-state index contributed by atoms with van der Waals surface area (Å²) in [4.78, 5) is 31.9. The van der Waals surface area contributed by atoms with Crippen molar-refractivity contribution >= 4 is 40.1 Å². The number of rotatable bonds is 5. The zero-order valence-electron chi connectivity index (χ0n) is 17.3. The van der Waals surface area contributed by atoms with Crippen LogP contribution in [0.5, 0.6) is 0 Å². The number of nitrogens with zero attached hydrogens (tertiary/aromatic N) is 3. The average Bonchev–Trinajstić information content (AvgIpc) is 3.35. The molecule has 1 aliphatic heterocycles. The van der Waals surface area contributed by atoms with Gasteiger partial charge < -0.3 is 15.3 Å². The normalized spacial score (nSPS) is 20.5. The number of benzene rings is 2. The van der Waals surface area contributed by atoms with Crippen LogP contribution < -0.4 is 15.8 Å². The van der Waals surface area contributed by atoms with Crippen molar-refractivity contribution in [2.45, 2.75) is 19.4 Å². The van der Waals surface area contributed by atoms with E-state index in [1.54, 1.807) is 48.0 Å². The lowest BCUT2D eigenvalue weighted by Gasteiger charge is -2.24. The van der Waals surface area contributed by atoms with Crippen LogP contribution in [0.3, 0.4) is 0 Å². The van der Waals surface area contributed by atoms with E-state index >= 15 is 0 Å². The van der Waals surface area contributed by atoms with Crippen molar-refractivity contribution in [3.63, 3.8) is 0 Å². The lowest BCUT2D eigenvalue weighted by atomic mass is 10.0. The maximum atomic E-state index is 13.2. The molecule has 2 heterocycles. The summed E-state index contributed by atoms with van der Waals surface area (Å²) < 4.78 is 1.60. The fraction of sp³-hybridized carbons (Fsp3) is 0.348. The van der Waals surface area contributed by atoms with E-state index in [1.807, 2.05) is 6.92 Å². The number of hydrogen-bond acceptors (Lipinski definition) is 5. The summed E-state index contributed by atoms with van der Waals surface area (Å²) in [6.45, 7) is 3.77. The SMILES string of the molecule is CC(Nc1ccccc1C(=O)O)c1cc(Cl)cc2c(=O)n(C)c(N3CC4CC4C3)nc12. The summed E-state index contributed by atoms with van der Waals surface area (Å²) in [6, 6.07) is 9.87. The highest BCUT2D eigenvalue weighted by atomic mass is 35.5. The molecule has 1 saturated carbocycles. The second-order valence-corrected chi connectivity index (χ2v) is 8.98. The smallest absolute Gasteiger partial charge is 0.337 e. The highest BCUT2D eigenvalue weighted by molar-refractivity contribution is 6.31. The number of aromatic nitrogens is 2. The number of aromatic carboxylic acids is 1. The number of anilines is 2. The maximum Gasteiger partial charge on any atom is 0.337 e. The molecule has 7 nitrogen and oxygen atoms in total. The quantitative estimate of drug-likeness (QED) is 0.628. The summed E-state index contributed by atoms with van der Waals surface area (Å²) in [6.07, 6.45) is 1.27. The molecule has 0 bridgehead atoms. The summed E-state index contributed by atoms with van der Waals surface area (Å²) in [5.74, 6) is 1.09. The molecule has 1 aromatic heterocycles. The third-order valence-corrected chi connectivity index (χ3v) is 6.63. The van der Waals surface area contributed by atoms with Crippen LogP contribution in [-0.4, -0.2) is 33.7 Å². The van der Waals surface area contributed by atoms with Gasteiger partial charge in [0.1, 0.15) is 0 Å². The third kappa shape index (κ3) is 3.43. The molecule has 2 fully saturated rings. The fourth-order valence-corrected chi connectivity index (χ4v) is 4.86. The van der Waals surface area contributed by atoms with Gasteiger partial charge in [0.05, 0.1) is 22.5 Å². The molecular weight excluding hydrogens is 416 g/mol. The number of halogens is 1. The highest BCUT2D eigenvalue weighted by Gasteiger charge is 2.46. The first kappa shape index (κ1) is 19.9. The molecule has 3 aromatic rings. The molecular formula is C23H23ClN4O3. The van der Waals surface area contributed by atoms with Crippen LogP contribution in [0.15, 0.2) is 41.2 Å². The summed E-state index contributed by atoms with van der Waals surface area (Å²) in [5, 5.41) is 13.7. The van der Waals surface area contributed by atoms with Gasteiger partial charge in [-0.15, -0.1) is 0 Å². The van der Waals surface area contributed by atoms with Gasteiger partial charge >= 0.3 is 5.97 Å². The second-order valence-electron chi connectivity index (χ2n) is 8.54. The van der Waals surface area contributed by atoms with Crippen LogP contribution in [-0.2, 0) is 7.05 Å². The molecule has 0 radical (unpaired) electrons. The Morgan fingerprint density at radius 3 is 2.68 bits per heavy atom. The Hall–Kier alpha value is -3.06. The highest BCUT2D eigenvalue weighted by Crippen LogP contribution is 2.46. The Balaban J connectivity index is 1.60. The van der Waals surface area contributed by atoms with Crippen LogP contribution in [0.1, 0.15) is 35.3 Å². The van der Waals surface area contributed by atoms with E-state index in [2.05, 4.69) is 10.2 Å². The first-order valence-corrected chi connectivity index (χ1v) is 10.7. The first-order valence-electron chi connectivity index (χ1n) is 10.4. The molecule has 0 spiro atoms. The number of para-hydroxylation sites is 1. The molecule has 0 amide bonds. The molecule has 5 rings (SSSR count). The van der Waals surface area contributed by atoms with Crippen LogP contribution in [0, 0.1) is 11.8 Å². The molecule has 160 valence electrons. The molecule has 31 heavy (non-hydrogen) atoms. The van der Waals surface area contributed by atoms with Gasteiger partial charge in [-0.3, -0.25) is 9.36 Å². The molecule has 3 unspecified atom stereocenters. The van der Waals surface area contributed by atoms with Gasteiger partial charge in [0.25, 0.3) is 5.56 Å². The van der Waals surface area contributed by atoms with E-state index in [9.17, 15) is 14.7 Å². The predicted molar refractivity (Wildman–Crippen MR) is 121 cm³/mol. The summed E-state index contributed by atoms with van der Waals surface area (Å²) in [7, 11) is 1.75. The minimum absolute atomic E-state index is 0.137. The lowest BCUT2D eigenvalue weighted by molar-refractivity contribution is 0.0698. The van der Waals surface area contributed by atoms with Gasteiger partial charge in [-0.2, -0.15) is 0 Å². The topological polar surface area (TPSA) is 87.5 Å². The number of nitrogens with one attached hydrogen (secondary N) is 1. The van der Waals surface area contributed by atoms with Gasteiger partial charge in [-0.05, 0) is 49.4 Å². The Morgan fingerprint density at radius 1 is 1.26 bits per heavy atom. The van der Waals surface area contributed by atoms with E-state index in [0.717, 1.165) is 18.7 Å². The Morgan fingerprint density at radius 2 is 1.97 bits per heavy atom. The number of hydrogen-bond donors (Lipinski definition) is 2. The average molecular weight is 439 g/mol. The Kier molecular flexibility index (Phi) is 4.66. The molecule has 2 aromatic carbocycles. The van der Waals surface area contributed by atoms with Crippen molar-refractivity contribution < 1.29 is 9.90 Å². The van der Waals surface area contributed by atoms with Crippen molar-refractivity contribution in [2.75, 3.05) is 23.3 Å². The van der Waals surface area contributed by atoms with Gasteiger partial charge in [-0.25, -0.2) is 9.78 Å². The molecule has 1 saturated heterocycles. The predicted octanol–water partition coefficient (Wildman–Crippen LogP) is 3.91. The third-order valence-electron chi connectivity index (χ3n) is 6.41. The minimum Gasteiger partial charge on any atom is -0.478 e. The van der Waals surface area contributed by atoms with Crippen molar-refractivity contribution in [3.8, 4) is 0 Å². The largest absolute Gasteiger partial charge is 0.478 e. The first-order chi connectivity index (χ1) is 14.8. The standard InChI is InChI=1S/C23H23ClN4O3/c1-12(25-19-6-4-3-5-16(19)22(30)31)17-8-15(24)9-18-20(17)26-23(27(2)21(18)29)28-10-13-7-14(13)11-28/h3-6,8-9,12-14,25H,7,10-11H2,1-2H3,(H,30,31). The van der Waals surface area contributed by atoms with Gasteiger partial charge in [0, 0.05) is 36.4 Å². The monoisotopic (exact) mass is 438 g/mol. The zero-order valence-corrected chi connectivity index (χ0v) is 18.1. The van der Waals surface area contributed by atoms with Crippen LogP contribution >= 0.6 is 11.6 Å². The summed E-state index contributed by atoms with van der Waals surface area (Å²) >= 11 is 6.36. The van der Waals surface area contributed by atoms with Crippen LogP contribution in [0.25, 0.3) is 10.9 Å². The van der Waals surface area contributed by atoms with E-state index < -0.39 is 5.97 Å². The van der Waals surface area contributed by atoms with Crippen LogP contribution in [0.2, 0.25) is 5.02 Å². The van der Waals surface area contributed by atoms with Crippen LogP contribution in [0.4, 0.5) is 11.6 Å². The van der Waals surface area contributed by atoms with Gasteiger partial charge in [0.15, 0.2) is 0 Å². The minimum atomic E-state index is -1.01. The summed E-state index contributed by atoms with van der Waals surface area (Å²) in [5.41, 5.74) is 1.89. The molecule has 8 heteroatoms. The van der Waals surface area contributed by atoms with Crippen molar-refractivity contribution in [1.29, 1.82) is 0 Å². The molecule has 2 aliphatic rings. The molecule has 3 atom stereocenters. The van der Waals surface area contributed by atoms with Gasteiger partial charge in [0.2, 0.25) is 5.95 Å². The number of carboxylic acid groups (broad SMARTS) is 1. The van der Waals surface area contributed by atoms with E-state index in [4.69, 9.17) is 16.6 Å². The molecule has 1 aliphatic carbocycles. The number of piperidine rings is 1. The Labute approximate surface area is 184 Å².